The summed E-state index contributed by atoms with van der Waals surface area (Å²) in [4.78, 5) is 29.3. The maximum atomic E-state index is 13.0. The van der Waals surface area contributed by atoms with Crippen molar-refractivity contribution in [2.75, 3.05) is 27.4 Å². The predicted octanol–water partition coefficient (Wildman–Crippen LogP) is 2.43. The molecule has 9 heteroatoms. The zero-order valence-electron chi connectivity index (χ0n) is 15.5. The second-order valence-electron chi connectivity index (χ2n) is 5.89. The van der Waals surface area contributed by atoms with Gasteiger partial charge in [-0.15, -0.1) is 11.3 Å². The number of hydrogen-bond donors (Lipinski definition) is 1. The van der Waals surface area contributed by atoms with Crippen molar-refractivity contribution in [3.8, 4) is 11.5 Å². The van der Waals surface area contributed by atoms with E-state index in [0.29, 0.717) is 29.4 Å². The highest BCUT2D eigenvalue weighted by molar-refractivity contribution is 7.17. The van der Waals surface area contributed by atoms with Gasteiger partial charge in [0, 0.05) is 18.9 Å². The smallest absolute Gasteiger partial charge is 0.337 e. The third-order valence-corrected chi connectivity index (χ3v) is 5.05. The molecule has 0 unspecified atom stereocenters. The number of carbonyl (C=O) groups is 1. The van der Waals surface area contributed by atoms with Gasteiger partial charge in [0.1, 0.15) is 28.8 Å². The molecular weight excluding hydrogens is 384 g/mol. The van der Waals surface area contributed by atoms with E-state index in [4.69, 9.17) is 14.2 Å². The van der Waals surface area contributed by atoms with E-state index in [-0.39, 0.29) is 29.7 Å². The van der Waals surface area contributed by atoms with Gasteiger partial charge in [-0.1, -0.05) is 0 Å². The van der Waals surface area contributed by atoms with Gasteiger partial charge in [0.15, 0.2) is 0 Å². The summed E-state index contributed by atoms with van der Waals surface area (Å²) in [6.07, 6.45) is 0.435. The number of fused-ring (bicyclic) bond motifs is 1. The zero-order valence-corrected chi connectivity index (χ0v) is 16.3. The molecule has 0 amide bonds. The van der Waals surface area contributed by atoms with Crippen LogP contribution in [0.3, 0.4) is 0 Å². The molecule has 28 heavy (non-hydrogen) atoms. The fraction of sp³-hybridized carbons (Fsp3) is 0.316. The van der Waals surface area contributed by atoms with Crippen molar-refractivity contribution >= 4 is 27.5 Å². The Labute approximate surface area is 164 Å². The molecule has 2 heterocycles. The Hall–Kier alpha value is -2.91. The van der Waals surface area contributed by atoms with E-state index in [9.17, 15) is 14.7 Å². The van der Waals surface area contributed by atoms with Gasteiger partial charge >= 0.3 is 5.97 Å². The Kier molecular flexibility index (Phi) is 6.27. The molecule has 3 rings (SSSR count). The van der Waals surface area contributed by atoms with E-state index in [1.165, 1.54) is 9.95 Å². The first-order chi connectivity index (χ1) is 13.5. The molecule has 8 nitrogen and oxygen atoms in total. The zero-order chi connectivity index (χ0) is 20.1. The molecule has 0 saturated heterocycles. The van der Waals surface area contributed by atoms with Crippen molar-refractivity contribution < 1.29 is 24.1 Å². The molecule has 0 aliphatic carbocycles. The normalized spacial score (nSPS) is 10.9. The summed E-state index contributed by atoms with van der Waals surface area (Å²) in [5, 5.41) is 10.9. The van der Waals surface area contributed by atoms with Gasteiger partial charge in [-0.3, -0.25) is 9.36 Å². The van der Waals surface area contributed by atoms with Crippen molar-refractivity contribution in [3.05, 3.63) is 51.4 Å². The molecule has 2 aromatic heterocycles. The number of methoxy groups -OCH3 is 2. The lowest BCUT2D eigenvalue weighted by Gasteiger charge is -2.13. The Morgan fingerprint density at radius 1 is 1.18 bits per heavy atom. The number of aromatic carboxylic acids is 1. The van der Waals surface area contributed by atoms with Gasteiger partial charge in [0.05, 0.1) is 31.2 Å². The van der Waals surface area contributed by atoms with Crippen LogP contribution in [-0.4, -0.2) is 48.1 Å². The van der Waals surface area contributed by atoms with Crippen LogP contribution in [-0.2, 0) is 17.7 Å². The lowest BCUT2D eigenvalue weighted by atomic mass is 10.2. The van der Waals surface area contributed by atoms with Gasteiger partial charge < -0.3 is 19.3 Å². The Morgan fingerprint density at radius 2 is 1.89 bits per heavy atom. The van der Waals surface area contributed by atoms with E-state index in [1.807, 2.05) is 0 Å². The van der Waals surface area contributed by atoms with Gasteiger partial charge in [0.25, 0.3) is 5.56 Å². The van der Waals surface area contributed by atoms with Crippen LogP contribution < -0.4 is 15.0 Å². The second-order valence-corrected chi connectivity index (χ2v) is 6.74. The molecule has 0 radical (unpaired) electrons. The van der Waals surface area contributed by atoms with Crippen LogP contribution in [0.25, 0.3) is 10.2 Å². The quantitative estimate of drug-likeness (QED) is 0.585. The van der Waals surface area contributed by atoms with Crippen LogP contribution in [0.5, 0.6) is 11.5 Å². The lowest BCUT2D eigenvalue weighted by Crippen LogP contribution is -2.28. The molecule has 0 spiro atoms. The van der Waals surface area contributed by atoms with E-state index >= 15 is 0 Å². The molecule has 0 aliphatic rings. The van der Waals surface area contributed by atoms with Gasteiger partial charge in [-0.2, -0.15) is 0 Å². The highest BCUT2D eigenvalue weighted by Crippen LogP contribution is 2.22. The van der Waals surface area contributed by atoms with Crippen molar-refractivity contribution in [1.82, 2.24) is 9.55 Å². The predicted molar refractivity (Wildman–Crippen MR) is 105 cm³/mol. The van der Waals surface area contributed by atoms with Crippen LogP contribution in [0, 0.1) is 0 Å². The standard InChI is InChI=1S/C19H20N2O6S/c1-25-9-7-15-20-17-16(14(11-28-17)19(23)24)18(22)21(15)8-10-27-13-5-3-12(26-2)4-6-13/h3-6,11H,7-10H2,1-2H3,(H,23,24). The molecule has 148 valence electrons. The number of rotatable bonds is 9. The Balaban J connectivity index is 1.87. The monoisotopic (exact) mass is 404 g/mol. The molecule has 1 N–H and O–H groups in total. The molecule has 1 aromatic carbocycles. The number of benzene rings is 1. The van der Waals surface area contributed by atoms with Crippen molar-refractivity contribution in [1.29, 1.82) is 0 Å². The average Bonchev–Trinajstić information content (AvgIpc) is 3.13. The van der Waals surface area contributed by atoms with Crippen molar-refractivity contribution in [2.24, 2.45) is 0 Å². The minimum absolute atomic E-state index is 0.0272. The summed E-state index contributed by atoms with van der Waals surface area (Å²) in [7, 11) is 3.16. The van der Waals surface area contributed by atoms with Crippen LogP contribution in [0.15, 0.2) is 34.4 Å². The third-order valence-electron chi connectivity index (χ3n) is 4.18. The first-order valence-electron chi connectivity index (χ1n) is 8.55. The largest absolute Gasteiger partial charge is 0.497 e. The minimum atomic E-state index is -1.14. The average molecular weight is 404 g/mol. The minimum Gasteiger partial charge on any atom is -0.497 e. The van der Waals surface area contributed by atoms with Gasteiger partial charge in [-0.05, 0) is 24.3 Å². The van der Waals surface area contributed by atoms with Crippen LogP contribution >= 0.6 is 11.3 Å². The van der Waals surface area contributed by atoms with Gasteiger partial charge in [0.2, 0.25) is 0 Å². The van der Waals surface area contributed by atoms with Crippen molar-refractivity contribution in [2.45, 2.75) is 13.0 Å². The first-order valence-corrected chi connectivity index (χ1v) is 9.43. The fourth-order valence-corrected chi connectivity index (χ4v) is 3.69. The summed E-state index contributed by atoms with van der Waals surface area (Å²) in [6.45, 7) is 0.863. The topological polar surface area (TPSA) is 99.9 Å². The maximum Gasteiger partial charge on any atom is 0.337 e. The fourth-order valence-electron chi connectivity index (χ4n) is 2.77. The summed E-state index contributed by atoms with van der Waals surface area (Å²) < 4.78 is 17.4. The molecule has 0 saturated carbocycles. The molecule has 0 bridgehead atoms. The maximum absolute atomic E-state index is 13.0. The number of aromatic nitrogens is 2. The van der Waals surface area contributed by atoms with Crippen LogP contribution in [0.2, 0.25) is 0 Å². The molecule has 0 aliphatic heterocycles. The lowest BCUT2D eigenvalue weighted by molar-refractivity contribution is 0.0699. The van der Waals surface area contributed by atoms with Crippen LogP contribution in [0.1, 0.15) is 16.2 Å². The Bertz CT molecular complexity index is 1030. The number of ether oxygens (including phenoxy) is 3. The van der Waals surface area contributed by atoms with E-state index in [0.717, 1.165) is 17.1 Å². The highest BCUT2D eigenvalue weighted by Gasteiger charge is 2.19. The van der Waals surface area contributed by atoms with E-state index in [1.54, 1.807) is 38.5 Å². The van der Waals surface area contributed by atoms with E-state index < -0.39 is 5.97 Å². The highest BCUT2D eigenvalue weighted by atomic mass is 32.1. The summed E-state index contributed by atoms with van der Waals surface area (Å²) in [5.74, 6) is 0.758. The number of thiophene rings is 1. The summed E-state index contributed by atoms with van der Waals surface area (Å²) >= 11 is 1.15. The van der Waals surface area contributed by atoms with E-state index in [2.05, 4.69) is 4.98 Å². The third kappa shape index (κ3) is 4.15. The van der Waals surface area contributed by atoms with Gasteiger partial charge in [-0.25, -0.2) is 9.78 Å². The number of nitrogens with zero attached hydrogens (tertiary/aromatic N) is 2. The van der Waals surface area contributed by atoms with Crippen LogP contribution in [0.4, 0.5) is 0 Å². The SMILES string of the molecule is COCCc1nc2scc(C(=O)O)c2c(=O)n1CCOc1ccc(OC)cc1. The Morgan fingerprint density at radius 3 is 2.54 bits per heavy atom. The molecule has 3 aromatic rings. The molecular formula is C19H20N2O6S. The summed E-state index contributed by atoms with van der Waals surface area (Å²) in [6, 6.07) is 7.11. The molecule has 0 atom stereocenters. The first kappa shape index (κ1) is 19.8. The second kappa shape index (κ2) is 8.85. The van der Waals surface area contributed by atoms with Crippen molar-refractivity contribution in [3.63, 3.8) is 0 Å². The number of carboxylic acids is 1. The summed E-state index contributed by atoms with van der Waals surface area (Å²) in [5.41, 5.74) is -0.409. The number of hydrogen-bond acceptors (Lipinski definition) is 7. The number of carboxylic acid groups (broad SMARTS) is 1. The molecule has 0 fully saturated rings.